The SMILES string of the molecule is O=C(c1n[nH]c2c1CCCC2)N1CC[C@@]23OC[C@@H](c4ccccc4)N2C(=O)C[C@@H]13. The van der Waals surface area contributed by atoms with E-state index in [0.717, 1.165) is 42.5 Å². The van der Waals surface area contributed by atoms with Crippen LogP contribution in [0.1, 0.15) is 59.0 Å². The first-order valence-corrected chi connectivity index (χ1v) is 10.6. The van der Waals surface area contributed by atoms with E-state index < -0.39 is 5.72 Å². The van der Waals surface area contributed by atoms with Gasteiger partial charge in [-0.3, -0.25) is 14.7 Å². The summed E-state index contributed by atoms with van der Waals surface area (Å²) in [6.45, 7) is 1.07. The van der Waals surface area contributed by atoms with Gasteiger partial charge in [-0.25, -0.2) is 0 Å². The molecule has 0 radical (unpaired) electrons. The quantitative estimate of drug-likeness (QED) is 0.850. The number of hydrogen-bond donors (Lipinski definition) is 1. The molecule has 3 fully saturated rings. The zero-order valence-electron chi connectivity index (χ0n) is 16.3. The van der Waals surface area contributed by atoms with Crippen LogP contribution in [-0.2, 0) is 22.4 Å². The van der Waals surface area contributed by atoms with E-state index in [4.69, 9.17) is 4.74 Å². The number of carbonyl (C=O) groups excluding carboxylic acids is 2. The maximum absolute atomic E-state index is 13.4. The number of nitrogens with zero attached hydrogens (tertiary/aromatic N) is 3. The highest BCUT2D eigenvalue weighted by Crippen LogP contribution is 2.51. The van der Waals surface area contributed by atoms with Crippen molar-refractivity contribution in [2.75, 3.05) is 13.2 Å². The number of aromatic amines is 1. The van der Waals surface area contributed by atoms with Crippen molar-refractivity contribution in [2.45, 2.75) is 56.3 Å². The van der Waals surface area contributed by atoms with Crippen LogP contribution in [0, 0.1) is 0 Å². The fourth-order valence-electron chi connectivity index (χ4n) is 5.80. The number of benzene rings is 1. The molecule has 4 aliphatic rings. The molecule has 1 spiro atoms. The maximum atomic E-state index is 13.4. The maximum Gasteiger partial charge on any atom is 0.275 e. The summed E-state index contributed by atoms with van der Waals surface area (Å²) >= 11 is 0. The van der Waals surface area contributed by atoms with Gasteiger partial charge < -0.3 is 14.5 Å². The van der Waals surface area contributed by atoms with Crippen LogP contribution in [0.3, 0.4) is 0 Å². The molecule has 0 saturated carbocycles. The van der Waals surface area contributed by atoms with E-state index in [2.05, 4.69) is 10.2 Å². The molecule has 1 N–H and O–H groups in total. The fraction of sp³-hybridized carbons (Fsp3) is 0.500. The summed E-state index contributed by atoms with van der Waals surface area (Å²) in [5.41, 5.74) is 3.10. The fourth-order valence-corrected chi connectivity index (χ4v) is 5.80. The van der Waals surface area contributed by atoms with Crippen LogP contribution >= 0.6 is 0 Å². The third-order valence-electron chi connectivity index (χ3n) is 7.16. The van der Waals surface area contributed by atoms with Crippen LogP contribution in [0.15, 0.2) is 30.3 Å². The smallest absolute Gasteiger partial charge is 0.275 e. The average Bonchev–Trinajstić information content (AvgIpc) is 3.48. The van der Waals surface area contributed by atoms with Gasteiger partial charge in [-0.2, -0.15) is 5.10 Å². The minimum atomic E-state index is -0.691. The number of aromatic nitrogens is 2. The number of hydrogen-bond acceptors (Lipinski definition) is 4. The van der Waals surface area contributed by atoms with Crippen LogP contribution in [-0.4, -0.2) is 56.7 Å². The van der Waals surface area contributed by atoms with Gasteiger partial charge >= 0.3 is 0 Å². The highest BCUT2D eigenvalue weighted by atomic mass is 16.5. The van der Waals surface area contributed by atoms with Gasteiger partial charge in [-0.05, 0) is 31.2 Å². The Kier molecular flexibility index (Phi) is 3.66. The first-order valence-electron chi connectivity index (χ1n) is 10.6. The van der Waals surface area contributed by atoms with Gasteiger partial charge in [0.05, 0.1) is 25.1 Å². The first kappa shape index (κ1) is 17.2. The molecule has 150 valence electrons. The minimum absolute atomic E-state index is 0.0623. The van der Waals surface area contributed by atoms with E-state index in [9.17, 15) is 9.59 Å². The zero-order valence-corrected chi connectivity index (χ0v) is 16.3. The number of fused-ring (bicyclic) bond motifs is 1. The molecule has 2 aromatic rings. The van der Waals surface area contributed by atoms with Crippen LogP contribution in [0.5, 0.6) is 0 Å². The molecule has 4 heterocycles. The van der Waals surface area contributed by atoms with Gasteiger partial charge in [0.25, 0.3) is 5.91 Å². The number of rotatable bonds is 2. The van der Waals surface area contributed by atoms with Gasteiger partial charge in [0.15, 0.2) is 11.4 Å². The van der Waals surface area contributed by atoms with E-state index in [1.165, 1.54) is 0 Å². The monoisotopic (exact) mass is 392 g/mol. The molecule has 0 bridgehead atoms. The summed E-state index contributed by atoms with van der Waals surface area (Å²) in [6, 6.07) is 9.72. The Morgan fingerprint density at radius 3 is 2.90 bits per heavy atom. The number of carbonyl (C=O) groups is 2. The Morgan fingerprint density at radius 2 is 2.03 bits per heavy atom. The van der Waals surface area contributed by atoms with Crippen LogP contribution in [0.4, 0.5) is 0 Å². The molecule has 6 rings (SSSR count). The lowest BCUT2D eigenvalue weighted by atomic mass is 9.95. The van der Waals surface area contributed by atoms with Gasteiger partial charge in [0, 0.05) is 24.2 Å². The van der Waals surface area contributed by atoms with Gasteiger partial charge in [0.2, 0.25) is 5.91 Å². The average molecular weight is 392 g/mol. The molecule has 2 amide bonds. The number of aryl methyl sites for hydroxylation is 1. The van der Waals surface area contributed by atoms with Crippen molar-refractivity contribution in [3.63, 3.8) is 0 Å². The number of nitrogens with one attached hydrogen (secondary N) is 1. The largest absolute Gasteiger partial charge is 0.351 e. The number of ether oxygens (including phenoxy) is 1. The van der Waals surface area contributed by atoms with E-state index in [1.54, 1.807) is 0 Å². The Bertz CT molecular complexity index is 987. The summed E-state index contributed by atoms with van der Waals surface area (Å²) in [5, 5.41) is 7.43. The molecular weight excluding hydrogens is 368 g/mol. The molecule has 29 heavy (non-hydrogen) atoms. The predicted octanol–water partition coefficient (Wildman–Crippen LogP) is 2.20. The molecule has 3 aliphatic heterocycles. The lowest BCUT2D eigenvalue weighted by Crippen LogP contribution is -2.49. The molecule has 1 aromatic carbocycles. The second-order valence-corrected chi connectivity index (χ2v) is 8.55. The van der Waals surface area contributed by atoms with E-state index in [0.29, 0.717) is 31.7 Å². The third kappa shape index (κ3) is 2.31. The molecule has 1 aliphatic carbocycles. The standard InChI is InChI=1S/C22H24N4O3/c27-19-12-18-22(26(19)17(13-29-22)14-6-2-1-3-7-14)10-11-25(18)21(28)20-15-8-4-5-9-16(15)23-24-20/h1-3,6-7,17-18H,4-5,8-13H2,(H,23,24)/t17-,18+,22-/m0/s1. The lowest BCUT2D eigenvalue weighted by molar-refractivity contribution is -0.138. The van der Waals surface area contributed by atoms with Crippen molar-refractivity contribution in [3.05, 3.63) is 52.8 Å². The Morgan fingerprint density at radius 1 is 1.21 bits per heavy atom. The number of H-pyrrole nitrogens is 1. The Balaban J connectivity index is 1.32. The highest BCUT2D eigenvalue weighted by molar-refractivity contribution is 5.95. The first-order chi connectivity index (χ1) is 14.2. The second-order valence-electron chi connectivity index (χ2n) is 8.55. The molecule has 7 heteroatoms. The summed E-state index contributed by atoms with van der Waals surface area (Å²) in [5.74, 6) is 0.00981. The summed E-state index contributed by atoms with van der Waals surface area (Å²) in [7, 11) is 0. The number of likely N-dealkylation sites (tertiary alicyclic amines) is 1. The zero-order chi connectivity index (χ0) is 19.6. The summed E-state index contributed by atoms with van der Waals surface area (Å²) in [4.78, 5) is 30.2. The van der Waals surface area contributed by atoms with Gasteiger partial charge in [-0.1, -0.05) is 30.3 Å². The summed E-state index contributed by atoms with van der Waals surface area (Å²) < 4.78 is 6.32. The second kappa shape index (κ2) is 6.16. The number of amides is 2. The third-order valence-corrected chi connectivity index (χ3v) is 7.16. The molecule has 3 atom stereocenters. The predicted molar refractivity (Wildman–Crippen MR) is 104 cm³/mol. The van der Waals surface area contributed by atoms with Crippen molar-refractivity contribution >= 4 is 11.8 Å². The topological polar surface area (TPSA) is 78.5 Å². The van der Waals surface area contributed by atoms with Crippen molar-refractivity contribution in [3.8, 4) is 0 Å². The molecule has 7 nitrogen and oxygen atoms in total. The van der Waals surface area contributed by atoms with Crippen LogP contribution in [0.25, 0.3) is 0 Å². The molecule has 1 aromatic heterocycles. The minimum Gasteiger partial charge on any atom is -0.351 e. The van der Waals surface area contributed by atoms with E-state index in [-0.39, 0.29) is 23.9 Å². The Labute approximate surface area is 169 Å². The normalized spacial score (nSPS) is 30.4. The van der Waals surface area contributed by atoms with Crippen LogP contribution in [0.2, 0.25) is 0 Å². The Hall–Kier alpha value is -2.67. The molecule has 0 unspecified atom stereocenters. The van der Waals surface area contributed by atoms with Gasteiger partial charge in [-0.15, -0.1) is 0 Å². The van der Waals surface area contributed by atoms with Crippen molar-refractivity contribution in [1.82, 2.24) is 20.0 Å². The summed E-state index contributed by atoms with van der Waals surface area (Å²) in [6.07, 6.45) is 5.06. The van der Waals surface area contributed by atoms with Crippen molar-refractivity contribution in [1.29, 1.82) is 0 Å². The van der Waals surface area contributed by atoms with Crippen molar-refractivity contribution < 1.29 is 14.3 Å². The van der Waals surface area contributed by atoms with E-state index in [1.807, 2.05) is 40.1 Å². The van der Waals surface area contributed by atoms with E-state index >= 15 is 0 Å². The van der Waals surface area contributed by atoms with Crippen LogP contribution < -0.4 is 0 Å². The molecule has 3 saturated heterocycles. The lowest BCUT2D eigenvalue weighted by Gasteiger charge is -2.33. The van der Waals surface area contributed by atoms with Gasteiger partial charge in [0.1, 0.15) is 0 Å². The highest BCUT2D eigenvalue weighted by Gasteiger charge is 2.65. The van der Waals surface area contributed by atoms with Crippen molar-refractivity contribution in [2.24, 2.45) is 0 Å². The molecular formula is C22H24N4O3.